The third-order valence-electron chi connectivity index (χ3n) is 3.01. The summed E-state index contributed by atoms with van der Waals surface area (Å²) in [5.74, 6) is -0.0691. The number of carbonyl (C=O) groups is 1. The number of aromatic nitrogens is 1. The van der Waals surface area contributed by atoms with Crippen LogP contribution in [0.3, 0.4) is 0 Å². The Morgan fingerprint density at radius 3 is 2.80 bits per heavy atom. The number of nitrogens with zero attached hydrogens (tertiary/aromatic N) is 2. The Balaban J connectivity index is 2.27. The first-order valence-electron chi connectivity index (χ1n) is 6.48. The molecule has 20 heavy (non-hydrogen) atoms. The fourth-order valence-corrected chi connectivity index (χ4v) is 2.76. The van der Waals surface area contributed by atoms with Crippen LogP contribution in [0.15, 0.2) is 29.6 Å². The molecule has 0 aliphatic rings. The van der Waals surface area contributed by atoms with Crippen molar-refractivity contribution in [1.82, 2.24) is 4.98 Å². The van der Waals surface area contributed by atoms with Gasteiger partial charge in [-0.25, -0.2) is 4.98 Å². The molecule has 1 aromatic carbocycles. The summed E-state index contributed by atoms with van der Waals surface area (Å²) in [5, 5.41) is 2.61. The van der Waals surface area contributed by atoms with Gasteiger partial charge in [-0.1, -0.05) is 18.2 Å². The molecule has 1 aromatic heterocycles. The molecule has 0 aliphatic heterocycles. The van der Waals surface area contributed by atoms with E-state index in [4.69, 9.17) is 4.74 Å². The molecule has 106 valence electrons. The number of hydrogen-bond donors (Lipinski definition) is 0. The first-order valence-corrected chi connectivity index (χ1v) is 7.36. The summed E-state index contributed by atoms with van der Waals surface area (Å²) in [6.07, 6.45) is 0. The first kappa shape index (κ1) is 14.7. The van der Waals surface area contributed by atoms with Gasteiger partial charge in [-0.3, -0.25) is 4.79 Å². The van der Waals surface area contributed by atoms with Crippen LogP contribution in [0.1, 0.15) is 28.0 Å². The molecule has 0 unspecified atom stereocenters. The van der Waals surface area contributed by atoms with Crippen molar-refractivity contribution >= 4 is 22.9 Å². The lowest BCUT2D eigenvalue weighted by molar-refractivity contribution is 0.0983. The number of anilines is 1. The van der Waals surface area contributed by atoms with E-state index in [9.17, 15) is 4.79 Å². The van der Waals surface area contributed by atoms with Gasteiger partial charge in [-0.05, 0) is 25.5 Å². The molecule has 0 bridgehead atoms. The summed E-state index contributed by atoms with van der Waals surface area (Å²) >= 11 is 1.45. The zero-order valence-corrected chi connectivity index (χ0v) is 12.7. The highest BCUT2D eigenvalue weighted by molar-refractivity contribution is 7.09. The number of hydrogen-bond acceptors (Lipinski definition) is 4. The molecule has 0 atom stereocenters. The van der Waals surface area contributed by atoms with Crippen molar-refractivity contribution in [3.63, 3.8) is 0 Å². The maximum absolute atomic E-state index is 12.6. The van der Waals surface area contributed by atoms with Crippen LogP contribution in [-0.2, 0) is 11.3 Å². The van der Waals surface area contributed by atoms with Crippen molar-refractivity contribution in [3.8, 4) is 0 Å². The van der Waals surface area contributed by atoms with E-state index in [0.29, 0.717) is 18.8 Å². The van der Waals surface area contributed by atoms with Crippen LogP contribution < -0.4 is 4.90 Å². The van der Waals surface area contributed by atoms with Gasteiger partial charge in [-0.15, -0.1) is 11.3 Å². The van der Waals surface area contributed by atoms with Crippen molar-refractivity contribution in [3.05, 3.63) is 45.9 Å². The predicted molar refractivity (Wildman–Crippen MR) is 81.4 cm³/mol. The summed E-state index contributed by atoms with van der Waals surface area (Å²) < 4.78 is 5.03. The second kappa shape index (κ2) is 6.63. The van der Waals surface area contributed by atoms with E-state index in [0.717, 1.165) is 16.3 Å². The topological polar surface area (TPSA) is 42.4 Å². The van der Waals surface area contributed by atoms with Crippen molar-refractivity contribution in [2.75, 3.05) is 18.6 Å². The Labute approximate surface area is 123 Å². The number of carbonyl (C=O) groups excluding carboxylic acids is 1. The molecule has 2 aromatic rings. The third kappa shape index (κ3) is 3.05. The van der Waals surface area contributed by atoms with Gasteiger partial charge in [0.05, 0.1) is 6.61 Å². The van der Waals surface area contributed by atoms with Gasteiger partial charge < -0.3 is 9.64 Å². The summed E-state index contributed by atoms with van der Waals surface area (Å²) in [4.78, 5) is 18.7. The summed E-state index contributed by atoms with van der Waals surface area (Å²) in [6, 6.07) is 7.87. The average molecular weight is 290 g/mol. The van der Waals surface area contributed by atoms with Gasteiger partial charge in [0, 0.05) is 24.7 Å². The van der Waals surface area contributed by atoms with Gasteiger partial charge in [0.2, 0.25) is 0 Å². The molecule has 1 amide bonds. The van der Waals surface area contributed by atoms with E-state index < -0.39 is 0 Å². The number of ether oxygens (including phenoxy) is 1. The number of aryl methyl sites for hydroxylation is 1. The third-order valence-corrected chi connectivity index (χ3v) is 3.83. The largest absolute Gasteiger partial charge is 0.378 e. The van der Waals surface area contributed by atoms with E-state index in [1.807, 2.05) is 38.1 Å². The van der Waals surface area contributed by atoms with Crippen LogP contribution in [0.4, 0.5) is 5.69 Å². The lowest BCUT2D eigenvalue weighted by Gasteiger charge is -2.21. The minimum absolute atomic E-state index is 0.0691. The monoisotopic (exact) mass is 290 g/mol. The Morgan fingerprint density at radius 2 is 2.15 bits per heavy atom. The number of rotatable bonds is 5. The number of para-hydroxylation sites is 1. The molecule has 0 N–H and O–H groups in total. The van der Waals surface area contributed by atoms with Gasteiger partial charge >= 0.3 is 0 Å². The number of benzene rings is 1. The van der Waals surface area contributed by atoms with E-state index >= 15 is 0 Å². The molecule has 5 heteroatoms. The Kier molecular flexibility index (Phi) is 4.87. The summed E-state index contributed by atoms with van der Waals surface area (Å²) in [5.41, 5.74) is 2.49. The normalized spacial score (nSPS) is 10.6. The smallest absolute Gasteiger partial charge is 0.277 e. The Hall–Kier alpha value is -1.72. The second-order valence-corrected chi connectivity index (χ2v) is 5.34. The Bertz CT molecular complexity index is 595. The minimum atomic E-state index is -0.0691. The predicted octanol–water partition coefficient (Wildman–Crippen LogP) is 3.26. The van der Waals surface area contributed by atoms with Crippen LogP contribution in [0, 0.1) is 6.92 Å². The zero-order valence-electron chi connectivity index (χ0n) is 11.9. The van der Waals surface area contributed by atoms with Crippen LogP contribution in [-0.4, -0.2) is 24.5 Å². The molecule has 2 rings (SSSR count). The molecule has 0 saturated carbocycles. The molecule has 0 aliphatic carbocycles. The maximum Gasteiger partial charge on any atom is 0.277 e. The van der Waals surface area contributed by atoms with E-state index in [1.54, 1.807) is 17.4 Å². The van der Waals surface area contributed by atoms with Crippen LogP contribution in [0.25, 0.3) is 0 Å². The molecule has 1 heterocycles. The van der Waals surface area contributed by atoms with Crippen molar-refractivity contribution in [1.29, 1.82) is 0 Å². The summed E-state index contributed by atoms with van der Waals surface area (Å²) in [6.45, 7) is 5.02. The quantitative estimate of drug-likeness (QED) is 0.848. The van der Waals surface area contributed by atoms with Crippen LogP contribution >= 0.6 is 11.3 Å². The van der Waals surface area contributed by atoms with Crippen LogP contribution in [0.2, 0.25) is 0 Å². The lowest BCUT2D eigenvalue weighted by atomic mass is 10.1. The van der Waals surface area contributed by atoms with Gasteiger partial charge in [0.1, 0.15) is 10.7 Å². The molecule has 0 saturated heterocycles. The van der Waals surface area contributed by atoms with Gasteiger partial charge in [0.15, 0.2) is 0 Å². The van der Waals surface area contributed by atoms with Crippen molar-refractivity contribution in [2.45, 2.75) is 20.5 Å². The Morgan fingerprint density at radius 1 is 1.40 bits per heavy atom. The molecule has 4 nitrogen and oxygen atoms in total. The lowest BCUT2D eigenvalue weighted by Crippen LogP contribution is -2.31. The fraction of sp³-hybridized carbons (Fsp3) is 0.333. The second-order valence-electron chi connectivity index (χ2n) is 4.40. The molecule has 0 fully saturated rings. The minimum Gasteiger partial charge on any atom is -0.378 e. The van der Waals surface area contributed by atoms with E-state index in [1.165, 1.54) is 11.3 Å². The van der Waals surface area contributed by atoms with Gasteiger partial charge in [-0.2, -0.15) is 0 Å². The van der Waals surface area contributed by atoms with Gasteiger partial charge in [0.25, 0.3) is 5.91 Å². The SMILES string of the molecule is CCN(C(=O)c1csc(COC)n1)c1ccccc1C. The zero-order chi connectivity index (χ0) is 14.5. The van der Waals surface area contributed by atoms with Crippen molar-refractivity contribution < 1.29 is 9.53 Å². The highest BCUT2D eigenvalue weighted by atomic mass is 32.1. The summed E-state index contributed by atoms with van der Waals surface area (Å²) in [7, 11) is 1.62. The van der Waals surface area contributed by atoms with E-state index in [2.05, 4.69) is 4.98 Å². The highest BCUT2D eigenvalue weighted by Crippen LogP contribution is 2.22. The van der Waals surface area contributed by atoms with Crippen LogP contribution in [0.5, 0.6) is 0 Å². The number of methoxy groups -OCH3 is 1. The average Bonchev–Trinajstić information content (AvgIpc) is 2.90. The molecular weight excluding hydrogens is 272 g/mol. The van der Waals surface area contributed by atoms with E-state index in [-0.39, 0.29) is 5.91 Å². The molecule has 0 spiro atoms. The molecular formula is C15H18N2O2S. The first-order chi connectivity index (χ1) is 9.67. The number of amides is 1. The molecule has 0 radical (unpaired) electrons. The highest BCUT2D eigenvalue weighted by Gasteiger charge is 2.20. The maximum atomic E-state index is 12.6. The fourth-order valence-electron chi connectivity index (χ4n) is 2.03. The van der Waals surface area contributed by atoms with Crippen molar-refractivity contribution in [2.24, 2.45) is 0 Å². The number of thiazole rings is 1. The standard InChI is InChI=1S/C15H18N2O2S/c1-4-17(13-8-6-5-7-11(13)2)15(18)12-10-20-14(16-12)9-19-3/h5-8,10H,4,9H2,1-3H3.